The fourth-order valence-electron chi connectivity index (χ4n) is 2.14. The fraction of sp³-hybridized carbons (Fsp3) is 0.133. The average molecular weight is 316 g/mol. The van der Waals surface area contributed by atoms with Crippen LogP contribution in [-0.2, 0) is 6.54 Å². The highest BCUT2D eigenvalue weighted by Crippen LogP contribution is 2.30. The molecule has 0 aliphatic rings. The number of hydrogen-bond donors (Lipinski definition) is 2. The SMILES string of the molecule is Cc1cccc(-c2nc3ccc(CN)cc3[nH]2)c1Br. The maximum absolute atomic E-state index is 5.66. The topological polar surface area (TPSA) is 54.7 Å². The number of rotatable bonds is 2. The second-order valence-electron chi connectivity index (χ2n) is 4.58. The monoisotopic (exact) mass is 315 g/mol. The molecule has 0 unspecified atom stereocenters. The number of nitrogens with zero attached hydrogens (tertiary/aromatic N) is 1. The van der Waals surface area contributed by atoms with Gasteiger partial charge in [-0.3, -0.25) is 0 Å². The average Bonchev–Trinajstić information content (AvgIpc) is 2.84. The Bertz CT molecular complexity index is 746. The van der Waals surface area contributed by atoms with Crippen molar-refractivity contribution in [1.29, 1.82) is 0 Å². The molecule has 0 fully saturated rings. The van der Waals surface area contributed by atoms with E-state index in [-0.39, 0.29) is 0 Å². The van der Waals surface area contributed by atoms with Gasteiger partial charge in [-0.05, 0) is 46.1 Å². The Hall–Kier alpha value is -1.65. The van der Waals surface area contributed by atoms with E-state index in [1.165, 1.54) is 5.56 Å². The molecule has 2 aromatic carbocycles. The number of H-pyrrole nitrogens is 1. The summed E-state index contributed by atoms with van der Waals surface area (Å²) < 4.78 is 1.08. The Kier molecular flexibility index (Phi) is 3.12. The Morgan fingerprint density at radius 2 is 2.11 bits per heavy atom. The van der Waals surface area contributed by atoms with Crippen molar-refractivity contribution in [3.63, 3.8) is 0 Å². The molecule has 96 valence electrons. The van der Waals surface area contributed by atoms with E-state index in [4.69, 9.17) is 5.73 Å². The number of nitrogens with two attached hydrogens (primary N) is 1. The number of hydrogen-bond acceptors (Lipinski definition) is 2. The van der Waals surface area contributed by atoms with Crippen LogP contribution < -0.4 is 5.73 Å². The second kappa shape index (κ2) is 4.79. The molecule has 0 amide bonds. The third-order valence-corrected chi connectivity index (χ3v) is 4.28. The van der Waals surface area contributed by atoms with Crippen LogP contribution in [0.1, 0.15) is 11.1 Å². The molecule has 0 spiro atoms. The van der Waals surface area contributed by atoms with Crippen LogP contribution >= 0.6 is 15.9 Å². The summed E-state index contributed by atoms with van der Waals surface area (Å²) in [6.45, 7) is 2.61. The molecule has 3 rings (SSSR count). The summed E-state index contributed by atoms with van der Waals surface area (Å²) in [5, 5.41) is 0. The van der Waals surface area contributed by atoms with E-state index >= 15 is 0 Å². The molecule has 1 aromatic heterocycles. The number of halogens is 1. The molecule has 0 aliphatic heterocycles. The minimum absolute atomic E-state index is 0.540. The van der Waals surface area contributed by atoms with E-state index in [1.807, 2.05) is 18.2 Å². The first-order chi connectivity index (χ1) is 9.19. The Balaban J connectivity index is 2.18. The van der Waals surface area contributed by atoms with Crippen molar-refractivity contribution in [2.45, 2.75) is 13.5 Å². The van der Waals surface area contributed by atoms with Gasteiger partial charge < -0.3 is 10.7 Å². The molecule has 1 heterocycles. The van der Waals surface area contributed by atoms with Crippen LogP contribution in [0.2, 0.25) is 0 Å². The van der Waals surface area contributed by atoms with Crippen molar-refractivity contribution in [3.8, 4) is 11.4 Å². The second-order valence-corrected chi connectivity index (χ2v) is 5.37. The van der Waals surface area contributed by atoms with E-state index in [9.17, 15) is 0 Å². The van der Waals surface area contributed by atoms with Crippen LogP contribution in [0.5, 0.6) is 0 Å². The van der Waals surface area contributed by atoms with Crippen LogP contribution in [0.25, 0.3) is 22.4 Å². The van der Waals surface area contributed by atoms with Crippen molar-refractivity contribution in [2.24, 2.45) is 5.73 Å². The predicted molar refractivity (Wildman–Crippen MR) is 81.9 cm³/mol. The molecule has 0 saturated carbocycles. The van der Waals surface area contributed by atoms with E-state index in [0.29, 0.717) is 6.54 Å². The summed E-state index contributed by atoms with van der Waals surface area (Å²) >= 11 is 3.62. The van der Waals surface area contributed by atoms with Crippen LogP contribution in [0.15, 0.2) is 40.9 Å². The van der Waals surface area contributed by atoms with Crippen molar-refractivity contribution >= 4 is 27.0 Å². The number of imidazole rings is 1. The van der Waals surface area contributed by atoms with E-state index in [2.05, 4.69) is 51.0 Å². The third kappa shape index (κ3) is 2.17. The zero-order chi connectivity index (χ0) is 13.4. The summed E-state index contributed by atoms with van der Waals surface area (Å²) in [5.74, 6) is 0.875. The van der Waals surface area contributed by atoms with Gasteiger partial charge in [0.15, 0.2) is 0 Å². The van der Waals surface area contributed by atoms with Gasteiger partial charge in [-0.25, -0.2) is 4.98 Å². The van der Waals surface area contributed by atoms with Gasteiger partial charge in [0.2, 0.25) is 0 Å². The quantitative estimate of drug-likeness (QED) is 0.756. The molecule has 4 heteroatoms. The van der Waals surface area contributed by atoms with Crippen molar-refractivity contribution in [2.75, 3.05) is 0 Å². The summed E-state index contributed by atoms with van der Waals surface area (Å²) in [5.41, 5.74) is 11.0. The number of fused-ring (bicyclic) bond motifs is 1. The molecule has 0 atom stereocenters. The number of aromatic amines is 1. The molecule has 0 saturated heterocycles. The lowest BCUT2D eigenvalue weighted by Gasteiger charge is -2.03. The molecule has 0 radical (unpaired) electrons. The Labute approximate surface area is 120 Å². The molecule has 3 aromatic rings. The van der Waals surface area contributed by atoms with E-state index < -0.39 is 0 Å². The highest BCUT2D eigenvalue weighted by Gasteiger charge is 2.10. The molecule has 0 bridgehead atoms. The van der Waals surface area contributed by atoms with Crippen LogP contribution in [0.3, 0.4) is 0 Å². The summed E-state index contributed by atoms with van der Waals surface area (Å²) in [6, 6.07) is 12.2. The number of aryl methyl sites for hydroxylation is 1. The number of benzene rings is 2. The summed E-state index contributed by atoms with van der Waals surface area (Å²) in [7, 11) is 0. The molecule has 3 N–H and O–H groups in total. The van der Waals surface area contributed by atoms with Gasteiger partial charge in [0.05, 0.1) is 11.0 Å². The molecule has 0 aliphatic carbocycles. The largest absolute Gasteiger partial charge is 0.338 e. The van der Waals surface area contributed by atoms with Crippen molar-refractivity contribution < 1.29 is 0 Å². The minimum Gasteiger partial charge on any atom is -0.338 e. The third-order valence-electron chi connectivity index (χ3n) is 3.23. The first-order valence-electron chi connectivity index (χ1n) is 6.13. The van der Waals surface area contributed by atoms with Crippen LogP contribution in [0.4, 0.5) is 0 Å². The maximum Gasteiger partial charge on any atom is 0.139 e. The molecular weight excluding hydrogens is 302 g/mol. The van der Waals surface area contributed by atoms with E-state index in [0.717, 1.165) is 32.5 Å². The van der Waals surface area contributed by atoms with Crippen molar-refractivity contribution in [1.82, 2.24) is 9.97 Å². The van der Waals surface area contributed by atoms with Gasteiger partial charge >= 0.3 is 0 Å². The standard InChI is InChI=1S/C15H14BrN3/c1-9-3-2-4-11(14(9)16)15-18-12-6-5-10(8-17)7-13(12)19-15/h2-7H,8,17H2,1H3,(H,18,19). The van der Waals surface area contributed by atoms with Gasteiger partial charge in [-0.1, -0.05) is 24.3 Å². The fourth-order valence-corrected chi connectivity index (χ4v) is 2.59. The van der Waals surface area contributed by atoms with Crippen molar-refractivity contribution in [3.05, 3.63) is 52.0 Å². The highest BCUT2D eigenvalue weighted by atomic mass is 79.9. The first-order valence-corrected chi connectivity index (χ1v) is 6.92. The molecule has 3 nitrogen and oxygen atoms in total. The lowest BCUT2D eigenvalue weighted by Crippen LogP contribution is -1.95. The summed E-state index contributed by atoms with van der Waals surface area (Å²) in [6.07, 6.45) is 0. The number of nitrogens with one attached hydrogen (secondary N) is 1. The lowest BCUT2D eigenvalue weighted by molar-refractivity contribution is 1.07. The minimum atomic E-state index is 0.540. The van der Waals surface area contributed by atoms with Gasteiger partial charge in [0, 0.05) is 16.6 Å². The van der Waals surface area contributed by atoms with Gasteiger partial charge in [0.25, 0.3) is 0 Å². The van der Waals surface area contributed by atoms with Gasteiger partial charge in [0.1, 0.15) is 5.82 Å². The van der Waals surface area contributed by atoms with E-state index in [1.54, 1.807) is 0 Å². The zero-order valence-corrected chi connectivity index (χ0v) is 12.2. The smallest absolute Gasteiger partial charge is 0.139 e. The first kappa shape index (κ1) is 12.4. The highest BCUT2D eigenvalue weighted by molar-refractivity contribution is 9.10. The van der Waals surface area contributed by atoms with Crippen LogP contribution in [0, 0.1) is 6.92 Å². The zero-order valence-electron chi connectivity index (χ0n) is 10.6. The number of aromatic nitrogens is 2. The maximum atomic E-state index is 5.66. The Morgan fingerprint density at radius 3 is 2.89 bits per heavy atom. The normalized spacial score (nSPS) is 11.1. The van der Waals surface area contributed by atoms with Crippen LogP contribution in [-0.4, -0.2) is 9.97 Å². The lowest BCUT2D eigenvalue weighted by atomic mass is 10.1. The predicted octanol–water partition coefficient (Wildman–Crippen LogP) is 3.76. The molecule has 19 heavy (non-hydrogen) atoms. The molecular formula is C15H14BrN3. The summed E-state index contributed by atoms with van der Waals surface area (Å²) in [4.78, 5) is 7.99. The Morgan fingerprint density at radius 1 is 1.26 bits per heavy atom. The van der Waals surface area contributed by atoms with Gasteiger partial charge in [-0.15, -0.1) is 0 Å². The van der Waals surface area contributed by atoms with Gasteiger partial charge in [-0.2, -0.15) is 0 Å².